The smallest absolute Gasteiger partial charge is 0.234 e. The minimum atomic E-state index is 0.0982. The molecule has 0 spiro atoms. The van der Waals surface area contributed by atoms with E-state index in [9.17, 15) is 4.79 Å². The first-order valence-electron chi connectivity index (χ1n) is 6.32. The van der Waals surface area contributed by atoms with Crippen LogP contribution in [0.3, 0.4) is 0 Å². The molecule has 0 aliphatic heterocycles. The van der Waals surface area contributed by atoms with E-state index in [-0.39, 0.29) is 5.91 Å². The molecule has 0 atom stereocenters. The zero-order valence-corrected chi connectivity index (χ0v) is 11.1. The van der Waals surface area contributed by atoms with Crippen LogP contribution in [0.5, 0.6) is 0 Å². The van der Waals surface area contributed by atoms with Gasteiger partial charge in [-0.05, 0) is 48.7 Å². The van der Waals surface area contributed by atoms with E-state index in [4.69, 9.17) is 0 Å². The van der Waals surface area contributed by atoms with Crippen LogP contribution in [-0.4, -0.2) is 19.0 Å². The molecule has 1 saturated carbocycles. The van der Waals surface area contributed by atoms with Gasteiger partial charge < -0.3 is 10.6 Å². The maximum atomic E-state index is 11.6. The average molecular weight is 252 g/mol. The fourth-order valence-electron chi connectivity index (χ4n) is 1.79. The molecular weight excluding hydrogens is 232 g/mol. The molecular formula is C13H20N2OS. The molecule has 1 amide bonds. The van der Waals surface area contributed by atoms with Gasteiger partial charge in [0.15, 0.2) is 0 Å². The van der Waals surface area contributed by atoms with E-state index in [1.54, 1.807) is 11.3 Å². The number of thiophene rings is 1. The van der Waals surface area contributed by atoms with Crippen molar-refractivity contribution in [2.75, 3.05) is 13.1 Å². The summed E-state index contributed by atoms with van der Waals surface area (Å²) in [5.74, 6) is 0.924. The first-order valence-corrected chi connectivity index (χ1v) is 7.20. The number of rotatable bonds is 7. The highest BCUT2D eigenvalue weighted by atomic mass is 32.1. The Morgan fingerprint density at radius 2 is 2.35 bits per heavy atom. The van der Waals surface area contributed by atoms with Crippen LogP contribution in [-0.2, 0) is 17.8 Å². The van der Waals surface area contributed by atoms with E-state index in [0.29, 0.717) is 13.1 Å². The summed E-state index contributed by atoms with van der Waals surface area (Å²) in [7, 11) is 0. The second-order valence-corrected chi connectivity index (χ2v) is 5.57. The van der Waals surface area contributed by atoms with Crippen LogP contribution >= 0.6 is 11.3 Å². The van der Waals surface area contributed by atoms with E-state index in [1.807, 2.05) is 0 Å². The van der Waals surface area contributed by atoms with Gasteiger partial charge in [-0.1, -0.05) is 6.92 Å². The topological polar surface area (TPSA) is 41.1 Å². The number of aryl methyl sites for hydroxylation is 1. The third-order valence-electron chi connectivity index (χ3n) is 3.08. The lowest BCUT2D eigenvalue weighted by Crippen LogP contribution is -2.34. The predicted molar refractivity (Wildman–Crippen MR) is 71.1 cm³/mol. The molecule has 1 aliphatic carbocycles. The summed E-state index contributed by atoms with van der Waals surface area (Å²) in [6, 6.07) is 2.14. The van der Waals surface area contributed by atoms with Gasteiger partial charge in [0, 0.05) is 4.88 Å². The molecule has 2 rings (SSSR count). The van der Waals surface area contributed by atoms with Gasteiger partial charge in [0.25, 0.3) is 0 Å². The fourth-order valence-corrected chi connectivity index (χ4v) is 2.71. The van der Waals surface area contributed by atoms with E-state index >= 15 is 0 Å². The molecule has 0 unspecified atom stereocenters. The van der Waals surface area contributed by atoms with Gasteiger partial charge in [-0.2, -0.15) is 0 Å². The summed E-state index contributed by atoms with van der Waals surface area (Å²) in [4.78, 5) is 12.9. The number of hydrogen-bond donors (Lipinski definition) is 2. The van der Waals surface area contributed by atoms with Gasteiger partial charge in [0.2, 0.25) is 5.91 Å². The van der Waals surface area contributed by atoms with E-state index in [2.05, 4.69) is 29.0 Å². The quantitative estimate of drug-likeness (QED) is 0.778. The third-order valence-corrected chi connectivity index (χ3v) is 4.04. The molecule has 2 N–H and O–H groups in total. The molecule has 0 saturated heterocycles. The van der Waals surface area contributed by atoms with Gasteiger partial charge in [0.05, 0.1) is 13.1 Å². The van der Waals surface area contributed by atoms with Gasteiger partial charge in [0.1, 0.15) is 0 Å². The lowest BCUT2D eigenvalue weighted by atomic mass is 10.2. The number of hydrogen-bond acceptors (Lipinski definition) is 3. The minimum absolute atomic E-state index is 0.0982. The Labute approximate surface area is 107 Å². The highest BCUT2D eigenvalue weighted by Crippen LogP contribution is 2.27. The zero-order chi connectivity index (χ0) is 12.1. The summed E-state index contributed by atoms with van der Waals surface area (Å²) in [5, 5.41) is 8.25. The van der Waals surface area contributed by atoms with Crippen LogP contribution in [0.15, 0.2) is 11.4 Å². The molecule has 1 heterocycles. The van der Waals surface area contributed by atoms with Crippen LogP contribution in [0.2, 0.25) is 0 Å². The normalized spacial score (nSPS) is 14.9. The summed E-state index contributed by atoms with van der Waals surface area (Å²) in [6.45, 7) is 4.26. The minimum Gasteiger partial charge on any atom is -0.350 e. The molecule has 1 aliphatic rings. The number of carbonyl (C=O) groups excluding carboxylic acids is 1. The van der Waals surface area contributed by atoms with E-state index in [0.717, 1.165) is 18.9 Å². The monoisotopic (exact) mass is 252 g/mol. The lowest BCUT2D eigenvalue weighted by Gasteiger charge is -2.06. The van der Waals surface area contributed by atoms with Crippen molar-refractivity contribution in [2.24, 2.45) is 5.92 Å². The largest absolute Gasteiger partial charge is 0.350 e. The molecule has 1 aromatic heterocycles. The van der Waals surface area contributed by atoms with Gasteiger partial charge >= 0.3 is 0 Å². The van der Waals surface area contributed by atoms with Crippen molar-refractivity contribution < 1.29 is 4.79 Å². The summed E-state index contributed by atoms with van der Waals surface area (Å²) >= 11 is 1.72. The zero-order valence-electron chi connectivity index (χ0n) is 10.3. The Morgan fingerprint density at radius 1 is 1.53 bits per heavy atom. The number of nitrogens with one attached hydrogen (secondary N) is 2. The lowest BCUT2D eigenvalue weighted by molar-refractivity contribution is -0.120. The van der Waals surface area contributed by atoms with Crippen molar-refractivity contribution in [2.45, 2.75) is 32.7 Å². The average Bonchev–Trinajstić information content (AvgIpc) is 3.03. The predicted octanol–water partition coefficient (Wildman–Crippen LogP) is 1.93. The Hall–Kier alpha value is -0.870. The third kappa shape index (κ3) is 4.13. The van der Waals surface area contributed by atoms with Gasteiger partial charge in [-0.3, -0.25) is 4.79 Å². The second-order valence-electron chi connectivity index (χ2n) is 4.57. The van der Waals surface area contributed by atoms with E-state index in [1.165, 1.54) is 23.3 Å². The molecule has 0 aromatic carbocycles. The van der Waals surface area contributed by atoms with E-state index < -0.39 is 0 Å². The molecule has 1 fully saturated rings. The summed E-state index contributed by atoms with van der Waals surface area (Å²) < 4.78 is 0. The molecule has 4 heteroatoms. The van der Waals surface area contributed by atoms with Crippen molar-refractivity contribution in [3.05, 3.63) is 21.9 Å². The second kappa shape index (κ2) is 6.17. The number of carbonyl (C=O) groups is 1. The van der Waals surface area contributed by atoms with Crippen LogP contribution < -0.4 is 10.6 Å². The van der Waals surface area contributed by atoms with Crippen molar-refractivity contribution in [1.29, 1.82) is 0 Å². The van der Waals surface area contributed by atoms with Crippen LogP contribution in [0.4, 0.5) is 0 Å². The van der Waals surface area contributed by atoms with Crippen molar-refractivity contribution in [3.63, 3.8) is 0 Å². The van der Waals surface area contributed by atoms with Gasteiger partial charge in [-0.15, -0.1) is 11.3 Å². The molecule has 17 heavy (non-hydrogen) atoms. The maximum absolute atomic E-state index is 11.6. The summed E-state index contributed by atoms with van der Waals surface area (Å²) in [6.07, 6.45) is 3.68. The first-order chi connectivity index (χ1) is 8.29. The first kappa shape index (κ1) is 12.6. The van der Waals surface area contributed by atoms with Crippen LogP contribution in [0, 0.1) is 5.92 Å². The maximum Gasteiger partial charge on any atom is 0.234 e. The standard InChI is InChI=1S/C13H20N2OS/c1-2-11-5-6-17-12(11)8-15-13(16)9-14-7-10-3-4-10/h5-6,10,14H,2-4,7-9H2,1H3,(H,15,16). The van der Waals surface area contributed by atoms with Crippen molar-refractivity contribution >= 4 is 17.2 Å². The fraction of sp³-hybridized carbons (Fsp3) is 0.615. The van der Waals surface area contributed by atoms with Crippen molar-refractivity contribution in [1.82, 2.24) is 10.6 Å². The van der Waals surface area contributed by atoms with Gasteiger partial charge in [-0.25, -0.2) is 0 Å². The number of amides is 1. The highest BCUT2D eigenvalue weighted by molar-refractivity contribution is 7.10. The Balaban J connectivity index is 1.64. The van der Waals surface area contributed by atoms with Crippen molar-refractivity contribution in [3.8, 4) is 0 Å². The Kier molecular flexibility index (Phi) is 4.57. The van der Waals surface area contributed by atoms with Crippen LogP contribution in [0.25, 0.3) is 0 Å². The SMILES string of the molecule is CCc1ccsc1CNC(=O)CNCC1CC1. The molecule has 0 bridgehead atoms. The Bertz CT molecular complexity index is 371. The van der Waals surface area contributed by atoms with Crippen LogP contribution in [0.1, 0.15) is 30.2 Å². The molecule has 94 valence electrons. The highest BCUT2D eigenvalue weighted by Gasteiger charge is 2.20. The molecule has 3 nitrogen and oxygen atoms in total. The summed E-state index contributed by atoms with van der Waals surface area (Å²) in [5.41, 5.74) is 1.35. The Morgan fingerprint density at radius 3 is 3.06 bits per heavy atom. The molecule has 1 aromatic rings. The molecule has 0 radical (unpaired) electrons.